The van der Waals surface area contributed by atoms with Crippen LogP contribution >= 0.6 is 0 Å². The first-order valence-electron chi connectivity index (χ1n) is 29.7. The van der Waals surface area contributed by atoms with Crippen molar-refractivity contribution in [2.45, 2.75) is 77.5 Å². The molecule has 0 aliphatic heterocycles. The molecule has 0 radical (unpaired) electrons. The fourth-order valence-corrected chi connectivity index (χ4v) is 10.8. The number of hydrogen-bond donors (Lipinski definition) is 1. The number of benzene rings is 8. The van der Waals surface area contributed by atoms with Gasteiger partial charge in [0.05, 0.1) is 41.5 Å². The van der Waals surface area contributed by atoms with Gasteiger partial charge in [-0.25, -0.2) is 27.5 Å². The van der Waals surface area contributed by atoms with Crippen LogP contribution in [0.1, 0.15) is 66.5 Å². The summed E-state index contributed by atoms with van der Waals surface area (Å²) in [6.45, 7) is 0.558. The number of phenols is 1. The SMILES string of the molecule is C.COc1cc2c(OS(=O)(=O)C(F)(F)F)ccnc2cc1OCc1ccccc1.COc1cc2c(Oc3ccc(CC(=O)C4(C(=O)Cc5ccc(F)cc5)CC4)cc3F)ncnc2cc1OCc1ccccc1.O=C(Cc1ccc(F)cc1)C1(C(=O)Cc2ccc(O)c(F)c2)CC1. The van der Waals surface area contributed by atoms with Crippen LogP contribution in [0.2, 0.25) is 0 Å². The van der Waals surface area contributed by atoms with Gasteiger partial charge in [0.15, 0.2) is 75.0 Å². The highest BCUT2D eigenvalue weighted by Gasteiger charge is 2.56. The van der Waals surface area contributed by atoms with Gasteiger partial charge in [-0.1, -0.05) is 104 Å². The third-order valence-corrected chi connectivity index (χ3v) is 16.9. The van der Waals surface area contributed by atoms with Gasteiger partial charge < -0.3 is 33.0 Å². The molecular weight excluding hydrogens is 1290 g/mol. The van der Waals surface area contributed by atoms with E-state index >= 15 is 4.39 Å². The molecule has 0 atom stereocenters. The minimum atomic E-state index is -5.82. The Morgan fingerprint density at radius 2 is 0.907 bits per heavy atom. The lowest BCUT2D eigenvalue weighted by Crippen LogP contribution is -2.28. The van der Waals surface area contributed by atoms with Crippen LogP contribution < -0.4 is 27.9 Å². The van der Waals surface area contributed by atoms with E-state index in [0.29, 0.717) is 82.7 Å². The van der Waals surface area contributed by atoms with Crippen LogP contribution in [-0.4, -0.2) is 71.3 Å². The number of methoxy groups -OCH3 is 2. The van der Waals surface area contributed by atoms with Gasteiger partial charge in [0.2, 0.25) is 5.88 Å². The average Bonchev–Trinajstić information content (AvgIpc) is 1.69. The van der Waals surface area contributed by atoms with Crippen molar-refractivity contribution in [3.05, 3.63) is 245 Å². The van der Waals surface area contributed by atoms with Crippen LogP contribution in [0.5, 0.6) is 46.1 Å². The average molecular weight is 1350 g/mol. The summed E-state index contributed by atoms with van der Waals surface area (Å²) in [5.41, 5.74) is -2.87. The van der Waals surface area contributed by atoms with E-state index in [-0.39, 0.29) is 96.9 Å². The molecule has 0 spiro atoms. The predicted molar refractivity (Wildman–Crippen MR) is 344 cm³/mol. The number of pyridine rings is 1. The quantitative estimate of drug-likeness (QED) is 0.0257. The smallest absolute Gasteiger partial charge is 0.505 e. The molecule has 2 saturated carbocycles. The van der Waals surface area contributed by atoms with E-state index in [2.05, 4.69) is 19.1 Å². The van der Waals surface area contributed by atoms with E-state index in [4.69, 9.17) is 23.7 Å². The summed E-state index contributed by atoms with van der Waals surface area (Å²) in [7, 11) is -2.95. The van der Waals surface area contributed by atoms with Crippen molar-refractivity contribution in [2.75, 3.05) is 14.2 Å². The number of aromatic nitrogens is 3. The number of ketones is 4. The number of Topliss-reactive ketones (excluding diaryl/α,β-unsaturated/α-hetero) is 4. The molecule has 1 N–H and O–H groups in total. The van der Waals surface area contributed by atoms with Crippen molar-refractivity contribution in [1.29, 1.82) is 0 Å². The lowest BCUT2D eigenvalue weighted by molar-refractivity contribution is -0.135. The van der Waals surface area contributed by atoms with Crippen molar-refractivity contribution in [1.82, 2.24) is 15.0 Å². The first-order chi connectivity index (χ1) is 46.0. The zero-order valence-corrected chi connectivity index (χ0v) is 52.0. The second-order valence-electron chi connectivity index (χ2n) is 22.5. The predicted octanol–water partition coefficient (Wildman–Crippen LogP) is 15.1. The fraction of sp³-hybridized carbons (Fsp3) is 0.219. The largest absolute Gasteiger partial charge is 0.534 e. The zero-order valence-electron chi connectivity index (χ0n) is 51.2. The first kappa shape index (κ1) is 70.6. The normalized spacial score (nSPS) is 13.2. The summed E-state index contributed by atoms with van der Waals surface area (Å²) in [6.07, 6.45) is 4.33. The molecule has 502 valence electrons. The number of halogens is 7. The van der Waals surface area contributed by atoms with Crippen molar-refractivity contribution < 1.29 is 91.3 Å². The number of aromatic hydroxyl groups is 1. The topological polar surface area (TPSA) is 217 Å². The standard InChI is InChI=1S/C35H28F2N2O5.C19H16F2O3.C18H14F3NO5S.CH4/c1-42-30-18-26-28(19-31(30)43-20-23-5-3-2-4-6-23)38-21-39-34(26)44-29-12-9-24(15-27(29)37)17-33(41)35(13-14-35)32(40)16-22-7-10-25(36)11-8-22;20-14-4-1-12(2-5-14)10-17(23)19(7-8-19)18(24)11-13-3-6-16(22)15(21)9-13;1-25-16-9-13-14(10-17(16)26-11-12-5-3-2-4-6-12)22-8-7-15(13)27-28(23,24)18(19,20)21;/h2-12,15,18-19,21H,13-14,16-17,20H2,1H3;1-6,9,22H,7-8,10-11H2;2-10H,11H2,1H3;1H4. The van der Waals surface area contributed by atoms with Gasteiger partial charge in [-0.05, 0) is 120 Å². The number of nitrogens with zero attached hydrogens (tertiary/aromatic N) is 3. The maximum Gasteiger partial charge on any atom is 0.534 e. The minimum absolute atomic E-state index is 0. The maximum atomic E-state index is 15.2. The van der Waals surface area contributed by atoms with Crippen LogP contribution in [0.4, 0.5) is 30.7 Å². The van der Waals surface area contributed by atoms with Gasteiger partial charge in [0.25, 0.3) is 0 Å². The molecular formula is C73H62F7N3O13S. The lowest BCUT2D eigenvalue weighted by Gasteiger charge is -2.15. The van der Waals surface area contributed by atoms with Gasteiger partial charge in [-0.15, -0.1) is 0 Å². The molecule has 16 nitrogen and oxygen atoms in total. The molecule has 2 aromatic heterocycles. The number of fused-ring (bicyclic) bond motifs is 2. The molecule has 0 unspecified atom stereocenters. The minimum Gasteiger partial charge on any atom is -0.505 e. The number of alkyl halides is 3. The maximum absolute atomic E-state index is 15.2. The molecule has 2 aliphatic carbocycles. The Bertz CT molecular complexity index is 4620. The molecule has 24 heteroatoms. The lowest BCUT2D eigenvalue weighted by atomic mass is 9.88. The number of rotatable bonds is 24. The Morgan fingerprint density at radius 3 is 1.35 bits per heavy atom. The molecule has 0 saturated heterocycles. The third-order valence-electron chi connectivity index (χ3n) is 16.0. The van der Waals surface area contributed by atoms with Crippen molar-refractivity contribution in [2.24, 2.45) is 10.8 Å². The fourth-order valence-electron chi connectivity index (χ4n) is 10.3. The van der Waals surface area contributed by atoms with E-state index in [1.165, 1.54) is 105 Å². The number of phenolic OH excluding ortho intramolecular Hbond substituents is 1. The summed E-state index contributed by atoms with van der Waals surface area (Å²) < 4.78 is 148. The summed E-state index contributed by atoms with van der Waals surface area (Å²) in [6, 6.07) is 45.4. The molecule has 2 heterocycles. The van der Waals surface area contributed by atoms with Crippen molar-refractivity contribution in [3.63, 3.8) is 0 Å². The van der Waals surface area contributed by atoms with E-state index in [0.717, 1.165) is 29.5 Å². The van der Waals surface area contributed by atoms with Gasteiger partial charge in [-0.2, -0.15) is 21.6 Å². The Labute approximate surface area is 552 Å². The third kappa shape index (κ3) is 17.2. The second-order valence-corrected chi connectivity index (χ2v) is 24.1. The molecule has 2 fully saturated rings. The monoisotopic (exact) mass is 1350 g/mol. The molecule has 0 bridgehead atoms. The van der Waals surface area contributed by atoms with Crippen LogP contribution in [0, 0.1) is 34.1 Å². The van der Waals surface area contributed by atoms with Crippen LogP contribution in [0.25, 0.3) is 21.8 Å². The van der Waals surface area contributed by atoms with Gasteiger partial charge in [0, 0.05) is 55.5 Å². The molecule has 2 aliphatic rings. The first-order valence-corrected chi connectivity index (χ1v) is 31.1. The highest BCUT2D eigenvalue weighted by Crippen LogP contribution is 2.50. The summed E-state index contributed by atoms with van der Waals surface area (Å²) >= 11 is 0. The molecule has 12 rings (SSSR count). The van der Waals surface area contributed by atoms with Crippen LogP contribution in [-0.2, 0) is 68.2 Å². The Morgan fingerprint density at radius 1 is 0.474 bits per heavy atom. The van der Waals surface area contributed by atoms with E-state index < -0.39 is 55.4 Å². The second kappa shape index (κ2) is 30.3. The molecule has 10 aromatic rings. The van der Waals surface area contributed by atoms with Crippen molar-refractivity contribution in [3.8, 4) is 46.1 Å². The van der Waals surface area contributed by atoms with E-state index in [1.807, 2.05) is 60.7 Å². The van der Waals surface area contributed by atoms with E-state index in [1.54, 1.807) is 18.2 Å². The zero-order chi connectivity index (χ0) is 68.4. The summed E-state index contributed by atoms with van der Waals surface area (Å²) in [5.74, 6) is -2.67. The Kier molecular flexibility index (Phi) is 22.1. The molecule has 97 heavy (non-hydrogen) atoms. The van der Waals surface area contributed by atoms with Crippen LogP contribution in [0.3, 0.4) is 0 Å². The Balaban J connectivity index is 0.000000180. The van der Waals surface area contributed by atoms with Gasteiger partial charge in [0.1, 0.15) is 31.2 Å². The van der Waals surface area contributed by atoms with Gasteiger partial charge in [-0.3, -0.25) is 24.2 Å². The molecule has 0 amide bonds. The number of ether oxygens (including phenoxy) is 5. The number of carbonyl (C=O) groups is 4. The number of hydrogen-bond acceptors (Lipinski definition) is 16. The summed E-state index contributed by atoms with van der Waals surface area (Å²) in [5, 5.41) is 9.70. The van der Waals surface area contributed by atoms with E-state index in [9.17, 15) is 59.0 Å². The summed E-state index contributed by atoms with van der Waals surface area (Å²) in [4.78, 5) is 63.7. The molecule has 8 aromatic carbocycles. The van der Waals surface area contributed by atoms with Crippen molar-refractivity contribution >= 4 is 55.1 Å². The van der Waals surface area contributed by atoms with Gasteiger partial charge >= 0.3 is 15.6 Å². The number of carbonyl (C=O) groups excluding carboxylic acids is 4. The Hall–Kier alpha value is -10.8. The highest BCUT2D eigenvalue weighted by atomic mass is 32.2. The van der Waals surface area contributed by atoms with Crippen LogP contribution in [0.15, 0.2) is 188 Å². The highest BCUT2D eigenvalue weighted by molar-refractivity contribution is 7.88.